The van der Waals surface area contributed by atoms with Gasteiger partial charge in [-0.05, 0) is 36.6 Å². The number of carboxylic acids is 1. The summed E-state index contributed by atoms with van der Waals surface area (Å²) in [6.07, 6.45) is 4.01. The second kappa shape index (κ2) is 8.70. The molecule has 164 valence electrons. The minimum absolute atomic E-state index is 0.176. The molecule has 0 saturated heterocycles. The zero-order chi connectivity index (χ0) is 22.8. The zero-order valence-electron chi connectivity index (χ0n) is 17.3. The van der Waals surface area contributed by atoms with E-state index in [2.05, 4.69) is 22.1 Å². The van der Waals surface area contributed by atoms with Crippen LogP contribution in [0.5, 0.6) is 0 Å². The SMILES string of the molecule is O=C(Nc1ccncc1C#Cc1cc2sc(C3(C(=O)O)CC3)cc2s1)OCc1ccccc1. The average molecular weight is 475 g/mol. The molecule has 1 aliphatic rings. The lowest BCUT2D eigenvalue weighted by atomic mass is 10.1. The molecule has 0 atom stereocenters. The highest BCUT2D eigenvalue weighted by atomic mass is 32.1. The highest BCUT2D eigenvalue weighted by Crippen LogP contribution is 2.52. The van der Waals surface area contributed by atoms with Crippen LogP contribution in [0.25, 0.3) is 9.40 Å². The maximum atomic E-state index is 12.2. The second-order valence-electron chi connectivity index (χ2n) is 7.70. The molecule has 5 rings (SSSR count). The molecule has 1 aromatic carbocycles. The molecule has 0 radical (unpaired) electrons. The predicted octanol–water partition coefficient (Wildman–Crippen LogP) is 5.62. The first-order valence-electron chi connectivity index (χ1n) is 10.2. The van der Waals surface area contributed by atoms with Crippen molar-refractivity contribution in [3.63, 3.8) is 0 Å². The van der Waals surface area contributed by atoms with Gasteiger partial charge in [-0.1, -0.05) is 42.2 Å². The van der Waals surface area contributed by atoms with Gasteiger partial charge in [-0.3, -0.25) is 15.1 Å². The van der Waals surface area contributed by atoms with Crippen LogP contribution in [-0.4, -0.2) is 22.2 Å². The van der Waals surface area contributed by atoms with Crippen molar-refractivity contribution >= 4 is 49.8 Å². The van der Waals surface area contributed by atoms with E-state index in [-0.39, 0.29) is 6.61 Å². The third kappa shape index (κ3) is 4.46. The van der Waals surface area contributed by atoms with Gasteiger partial charge in [-0.2, -0.15) is 0 Å². The molecule has 0 unspecified atom stereocenters. The number of hydrogen-bond donors (Lipinski definition) is 2. The Labute approximate surface area is 197 Å². The summed E-state index contributed by atoms with van der Waals surface area (Å²) in [6, 6.07) is 15.1. The number of aromatic nitrogens is 1. The first kappa shape index (κ1) is 21.2. The fraction of sp³-hybridized carbons (Fsp3) is 0.160. The van der Waals surface area contributed by atoms with E-state index in [4.69, 9.17) is 4.74 Å². The van der Waals surface area contributed by atoms with E-state index >= 15 is 0 Å². The molecular weight excluding hydrogens is 456 g/mol. The number of hydrogen-bond acceptors (Lipinski definition) is 6. The monoisotopic (exact) mass is 474 g/mol. The molecule has 1 amide bonds. The van der Waals surface area contributed by atoms with Crippen molar-refractivity contribution in [2.75, 3.05) is 5.32 Å². The van der Waals surface area contributed by atoms with Crippen molar-refractivity contribution in [3.05, 3.63) is 81.8 Å². The molecule has 2 N–H and O–H groups in total. The van der Waals surface area contributed by atoms with Gasteiger partial charge in [0.25, 0.3) is 0 Å². The fourth-order valence-corrected chi connectivity index (χ4v) is 5.91. The molecule has 3 aromatic heterocycles. The van der Waals surface area contributed by atoms with Crippen LogP contribution in [0.1, 0.15) is 33.7 Å². The van der Waals surface area contributed by atoms with Gasteiger partial charge in [0.1, 0.15) is 12.0 Å². The molecule has 1 aliphatic carbocycles. The van der Waals surface area contributed by atoms with Gasteiger partial charge < -0.3 is 9.84 Å². The van der Waals surface area contributed by atoms with E-state index in [0.29, 0.717) is 24.1 Å². The Bertz CT molecular complexity index is 1380. The second-order valence-corrected chi connectivity index (χ2v) is 9.86. The topological polar surface area (TPSA) is 88.5 Å². The van der Waals surface area contributed by atoms with E-state index in [9.17, 15) is 14.7 Å². The van der Waals surface area contributed by atoms with Crippen molar-refractivity contribution in [2.45, 2.75) is 24.9 Å². The maximum absolute atomic E-state index is 12.2. The zero-order valence-corrected chi connectivity index (χ0v) is 19.0. The number of carbonyl (C=O) groups is 2. The number of amides is 1. The largest absolute Gasteiger partial charge is 0.481 e. The Morgan fingerprint density at radius 3 is 2.61 bits per heavy atom. The molecule has 33 heavy (non-hydrogen) atoms. The number of nitrogens with zero attached hydrogens (tertiary/aromatic N) is 1. The van der Waals surface area contributed by atoms with E-state index in [1.807, 2.05) is 42.5 Å². The van der Waals surface area contributed by atoms with E-state index in [1.54, 1.807) is 18.5 Å². The van der Waals surface area contributed by atoms with Crippen LogP contribution in [0.2, 0.25) is 0 Å². The molecule has 1 saturated carbocycles. The first-order chi connectivity index (χ1) is 16.0. The summed E-state index contributed by atoms with van der Waals surface area (Å²) in [5, 5.41) is 12.2. The van der Waals surface area contributed by atoms with E-state index in [0.717, 1.165) is 24.7 Å². The van der Waals surface area contributed by atoms with Crippen molar-refractivity contribution < 1.29 is 19.4 Å². The predicted molar refractivity (Wildman–Crippen MR) is 129 cm³/mol. The normalized spacial score (nSPS) is 13.7. The van der Waals surface area contributed by atoms with E-state index in [1.165, 1.54) is 22.7 Å². The summed E-state index contributed by atoms with van der Waals surface area (Å²) in [5.41, 5.74) is 1.32. The lowest BCUT2D eigenvalue weighted by molar-refractivity contribution is -0.139. The summed E-state index contributed by atoms with van der Waals surface area (Å²) in [5.74, 6) is 5.46. The van der Waals surface area contributed by atoms with Gasteiger partial charge in [0, 0.05) is 26.7 Å². The van der Waals surface area contributed by atoms with Crippen LogP contribution in [0.3, 0.4) is 0 Å². The number of aliphatic carboxylic acids is 1. The Kier molecular flexibility index (Phi) is 5.58. The number of carbonyl (C=O) groups excluding carboxylic acids is 1. The van der Waals surface area contributed by atoms with Gasteiger partial charge in [0.15, 0.2) is 0 Å². The lowest BCUT2D eigenvalue weighted by Gasteiger charge is -2.08. The number of anilines is 1. The Balaban J connectivity index is 1.29. The fourth-order valence-electron chi connectivity index (χ4n) is 3.43. The summed E-state index contributed by atoms with van der Waals surface area (Å²) in [7, 11) is 0. The van der Waals surface area contributed by atoms with Gasteiger partial charge in [-0.15, -0.1) is 22.7 Å². The minimum Gasteiger partial charge on any atom is -0.481 e. The van der Waals surface area contributed by atoms with Crippen LogP contribution < -0.4 is 5.32 Å². The van der Waals surface area contributed by atoms with Gasteiger partial charge in [-0.25, -0.2) is 4.79 Å². The van der Waals surface area contributed by atoms with Crippen LogP contribution in [-0.2, 0) is 21.6 Å². The number of nitrogens with one attached hydrogen (secondary N) is 1. The third-order valence-electron chi connectivity index (χ3n) is 5.43. The standard InChI is InChI=1S/C25H18N2O4S2/c28-23(29)25(9-10-25)22-13-21-20(33-22)12-18(32-21)7-6-17-14-26-11-8-19(17)27-24(30)31-15-16-4-2-1-3-5-16/h1-5,8,11-14H,9-10,15H2,(H,28,29)(H,26,27,30). The molecule has 4 aromatic rings. The molecular formula is C25H18N2O4S2. The molecule has 6 nitrogen and oxygen atoms in total. The first-order valence-corrected chi connectivity index (χ1v) is 11.9. The smallest absolute Gasteiger partial charge is 0.411 e. The van der Waals surface area contributed by atoms with Crippen LogP contribution in [0.4, 0.5) is 10.5 Å². The van der Waals surface area contributed by atoms with Gasteiger partial charge >= 0.3 is 12.1 Å². The number of ether oxygens (including phenoxy) is 1. The molecule has 1 fully saturated rings. The highest BCUT2D eigenvalue weighted by Gasteiger charge is 2.53. The molecule has 0 aliphatic heterocycles. The third-order valence-corrected chi connectivity index (χ3v) is 7.84. The van der Waals surface area contributed by atoms with Crippen molar-refractivity contribution in [2.24, 2.45) is 0 Å². The van der Waals surface area contributed by atoms with Crippen molar-refractivity contribution in [3.8, 4) is 11.8 Å². The number of thiophene rings is 2. The van der Waals surface area contributed by atoms with Crippen molar-refractivity contribution in [1.82, 2.24) is 4.98 Å². The highest BCUT2D eigenvalue weighted by molar-refractivity contribution is 7.28. The maximum Gasteiger partial charge on any atom is 0.411 e. The van der Waals surface area contributed by atoms with E-state index < -0.39 is 17.5 Å². The number of pyridine rings is 1. The summed E-state index contributed by atoms with van der Waals surface area (Å²) >= 11 is 3.06. The minimum atomic E-state index is -0.740. The average Bonchev–Trinajstić information content (AvgIpc) is 3.41. The molecule has 0 bridgehead atoms. The summed E-state index contributed by atoms with van der Waals surface area (Å²) in [4.78, 5) is 29.7. The molecule has 3 heterocycles. The Hall–Kier alpha value is -3.67. The van der Waals surface area contributed by atoms with Crippen LogP contribution >= 0.6 is 22.7 Å². The number of rotatable bonds is 5. The Morgan fingerprint density at radius 2 is 1.88 bits per heavy atom. The summed E-state index contributed by atoms with van der Waals surface area (Å²) in [6.45, 7) is 0.176. The number of fused-ring (bicyclic) bond motifs is 1. The quantitative estimate of drug-likeness (QED) is 0.367. The van der Waals surface area contributed by atoms with Gasteiger partial charge in [0.05, 0.1) is 16.1 Å². The van der Waals surface area contributed by atoms with Crippen LogP contribution in [0, 0.1) is 11.8 Å². The number of benzene rings is 1. The lowest BCUT2D eigenvalue weighted by Crippen LogP contribution is -2.17. The van der Waals surface area contributed by atoms with Crippen molar-refractivity contribution in [1.29, 1.82) is 0 Å². The molecule has 8 heteroatoms. The van der Waals surface area contributed by atoms with Crippen LogP contribution in [0.15, 0.2) is 60.9 Å². The Morgan fingerprint density at radius 1 is 1.09 bits per heavy atom. The molecule has 0 spiro atoms. The summed E-state index contributed by atoms with van der Waals surface area (Å²) < 4.78 is 7.37. The van der Waals surface area contributed by atoms with Gasteiger partial charge in [0.2, 0.25) is 0 Å². The number of carboxylic acid groups (broad SMARTS) is 1.